The average Bonchev–Trinajstić information content (AvgIpc) is 3.09. The number of carbonyl (C=O) groups is 1. The Morgan fingerprint density at radius 1 is 0.963 bits per heavy atom. The van der Waals surface area contributed by atoms with Gasteiger partial charge in [-0.3, -0.25) is 9.59 Å². The molecule has 0 aliphatic carbocycles. The van der Waals surface area contributed by atoms with Crippen LogP contribution in [0.1, 0.15) is 21.6 Å². The van der Waals surface area contributed by atoms with Gasteiger partial charge in [0, 0.05) is 33.6 Å². The maximum atomic E-state index is 12.6. The predicted octanol–water partition coefficient (Wildman–Crippen LogP) is 3.89. The number of methoxy groups -OCH3 is 1. The number of ether oxygens (including phenoxy) is 1. The number of aromatic nitrogens is 2. The summed E-state index contributed by atoms with van der Waals surface area (Å²) in [4.78, 5) is 30.6. The molecule has 0 unspecified atom stereocenters. The minimum Gasteiger partial charge on any atom is -0.497 e. The maximum Gasteiger partial charge on any atom is 0.272 e. The van der Waals surface area contributed by atoms with Crippen molar-refractivity contribution in [1.82, 2.24) is 9.97 Å². The molecule has 1 amide bonds. The molecule has 6 nitrogen and oxygen atoms in total. The van der Waals surface area contributed by atoms with E-state index in [1.165, 1.54) is 0 Å². The highest BCUT2D eigenvalue weighted by Crippen LogP contribution is 2.23. The van der Waals surface area contributed by atoms with E-state index in [0.29, 0.717) is 22.5 Å². The topological polar surface area (TPSA) is 87.0 Å². The van der Waals surface area contributed by atoms with E-state index in [2.05, 4.69) is 15.3 Å². The molecule has 0 spiro atoms. The van der Waals surface area contributed by atoms with Crippen molar-refractivity contribution < 1.29 is 9.53 Å². The molecule has 0 saturated heterocycles. The van der Waals surface area contributed by atoms with E-state index < -0.39 is 0 Å². The highest BCUT2D eigenvalue weighted by atomic mass is 16.5. The minimum atomic E-state index is -0.254. The zero-order valence-corrected chi connectivity index (χ0v) is 15.3. The molecule has 0 aliphatic heterocycles. The predicted molar refractivity (Wildman–Crippen MR) is 107 cm³/mol. The number of carbonyl (C=O) groups excluding carboxylic acids is 1. The second-order valence-corrected chi connectivity index (χ2v) is 6.55. The largest absolute Gasteiger partial charge is 0.497 e. The summed E-state index contributed by atoms with van der Waals surface area (Å²) in [5.74, 6) is 0.469. The van der Waals surface area contributed by atoms with E-state index in [1.807, 2.05) is 37.3 Å². The molecule has 2 aromatic carbocycles. The summed E-state index contributed by atoms with van der Waals surface area (Å²) in [5.41, 5.74) is 4.11. The number of benzene rings is 2. The van der Waals surface area contributed by atoms with E-state index in [1.54, 1.807) is 26.2 Å². The lowest BCUT2D eigenvalue weighted by molar-refractivity contribution is 0.102. The first-order valence-corrected chi connectivity index (χ1v) is 8.57. The van der Waals surface area contributed by atoms with Gasteiger partial charge in [0.15, 0.2) is 0 Å². The van der Waals surface area contributed by atoms with Gasteiger partial charge in [-0.05, 0) is 49.7 Å². The summed E-state index contributed by atoms with van der Waals surface area (Å²) >= 11 is 0. The Balaban J connectivity index is 1.66. The van der Waals surface area contributed by atoms with Gasteiger partial charge in [0.2, 0.25) is 0 Å². The van der Waals surface area contributed by atoms with Gasteiger partial charge in [-0.25, -0.2) is 0 Å². The zero-order chi connectivity index (χ0) is 19.1. The molecule has 4 rings (SSSR count). The molecule has 6 heteroatoms. The lowest BCUT2D eigenvalue weighted by Gasteiger charge is -2.08. The third kappa shape index (κ3) is 2.95. The fourth-order valence-electron chi connectivity index (χ4n) is 3.19. The lowest BCUT2D eigenvalue weighted by Crippen LogP contribution is -2.14. The molecule has 0 atom stereocenters. The molecule has 2 heterocycles. The van der Waals surface area contributed by atoms with Crippen molar-refractivity contribution in [3.05, 3.63) is 69.6 Å². The maximum absolute atomic E-state index is 12.6. The molecular formula is C21H19N3O3. The molecule has 27 heavy (non-hydrogen) atoms. The number of nitrogens with one attached hydrogen (secondary N) is 3. The van der Waals surface area contributed by atoms with Crippen LogP contribution < -0.4 is 15.6 Å². The Labute approximate surface area is 155 Å². The summed E-state index contributed by atoms with van der Waals surface area (Å²) in [7, 11) is 1.60. The van der Waals surface area contributed by atoms with Crippen LogP contribution in [0.15, 0.2) is 47.3 Å². The van der Waals surface area contributed by atoms with E-state index in [0.717, 1.165) is 27.6 Å². The Morgan fingerprint density at radius 2 is 1.78 bits per heavy atom. The summed E-state index contributed by atoms with van der Waals surface area (Å²) in [5, 5.41) is 4.76. The van der Waals surface area contributed by atoms with Crippen molar-refractivity contribution in [3.8, 4) is 5.75 Å². The zero-order valence-electron chi connectivity index (χ0n) is 15.3. The molecule has 0 radical (unpaired) electrons. The van der Waals surface area contributed by atoms with Crippen molar-refractivity contribution in [2.75, 3.05) is 12.4 Å². The Bertz CT molecular complexity index is 1250. The van der Waals surface area contributed by atoms with Crippen LogP contribution in [-0.4, -0.2) is 23.0 Å². The van der Waals surface area contributed by atoms with Crippen molar-refractivity contribution in [3.63, 3.8) is 0 Å². The number of anilines is 1. The third-order valence-corrected chi connectivity index (χ3v) is 4.91. The van der Waals surface area contributed by atoms with Gasteiger partial charge in [0.05, 0.1) is 12.6 Å². The fourth-order valence-corrected chi connectivity index (χ4v) is 3.19. The first kappa shape index (κ1) is 16.9. The monoisotopic (exact) mass is 361 g/mol. The molecule has 136 valence electrons. The molecule has 2 aromatic heterocycles. The van der Waals surface area contributed by atoms with E-state index in [-0.39, 0.29) is 11.5 Å². The first-order chi connectivity index (χ1) is 13.0. The average molecular weight is 361 g/mol. The molecular weight excluding hydrogens is 342 g/mol. The lowest BCUT2D eigenvalue weighted by atomic mass is 10.1. The van der Waals surface area contributed by atoms with E-state index in [9.17, 15) is 9.59 Å². The number of aryl methyl sites for hydroxylation is 1. The fraction of sp³-hybridized carbons (Fsp3) is 0.143. The number of hydrogen-bond acceptors (Lipinski definition) is 3. The number of hydrogen-bond donors (Lipinski definition) is 3. The highest BCUT2D eigenvalue weighted by Gasteiger charge is 2.12. The van der Waals surface area contributed by atoms with Gasteiger partial charge in [-0.15, -0.1) is 0 Å². The molecule has 3 N–H and O–H groups in total. The van der Waals surface area contributed by atoms with Crippen LogP contribution in [0.25, 0.3) is 21.8 Å². The van der Waals surface area contributed by atoms with Crippen LogP contribution in [0.5, 0.6) is 5.75 Å². The smallest absolute Gasteiger partial charge is 0.272 e. The summed E-state index contributed by atoms with van der Waals surface area (Å²) in [6, 6.07) is 12.9. The normalized spacial score (nSPS) is 11.1. The summed E-state index contributed by atoms with van der Waals surface area (Å²) in [6.07, 6.45) is 0. The number of pyridine rings is 1. The standard InChI is InChI=1S/C21H19N3O3/c1-11-12(2)20(25)24-18-9-14(5-7-16(11)18)22-21(26)19-8-13-4-6-15(27-3)10-17(13)23-19/h4-10,23H,1-3H3,(H,22,26)(H,24,25). The number of amides is 1. The van der Waals surface area contributed by atoms with Crippen molar-refractivity contribution in [1.29, 1.82) is 0 Å². The van der Waals surface area contributed by atoms with Gasteiger partial charge in [-0.2, -0.15) is 0 Å². The molecule has 0 bridgehead atoms. The highest BCUT2D eigenvalue weighted by molar-refractivity contribution is 6.06. The van der Waals surface area contributed by atoms with Crippen LogP contribution in [0.4, 0.5) is 5.69 Å². The van der Waals surface area contributed by atoms with Crippen LogP contribution in [-0.2, 0) is 0 Å². The third-order valence-electron chi connectivity index (χ3n) is 4.91. The Kier molecular flexibility index (Phi) is 3.96. The molecule has 0 saturated carbocycles. The number of H-pyrrole nitrogens is 2. The van der Waals surface area contributed by atoms with E-state index >= 15 is 0 Å². The molecule has 4 aromatic rings. The van der Waals surface area contributed by atoms with Gasteiger partial charge in [-0.1, -0.05) is 6.07 Å². The quantitative estimate of drug-likeness (QED) is 0.517. The van der Waals surface area contributed by atoms with Crippen LogP contribution in [0.2, 0.25) is 0 Å². The number of fused-ring (bicyclic) bond motifs is 2. The second kappa shape index (κ2) is 6.32. The number of aromatic amines is 2. The van der Waals surface area contributed by atoms with Gasteiger partial charge in [0.1, 0.15) is 11.4 Å². The molecule has 0 fully saturated rings. The Morgan fingerprint density at radius 3 is 2.56 bits per heavy atom. The summed E-state index contributed by atoms with van der Waals surface area (Å²) in [6.45, 7) is 3.72. The van der Waals surface area contributed by atoms with E-state index in [4.69, 9.17) is 4.74 Å². The van der Waals surface area contributed by atoms with Gasteiger partial charge in [0.25, 0.3) is 11.5 Å². The SMILES string of the molecule is COc1ccc2cc(C(=O)Nc3ccc4c(C)c(C)c(=O)[nH]c4c3)[nH]c2c1. The van der Waals surface area contributed by atoms with Crippen molar-refractivity contribution >= 4 is 33.4 Å². The van der Waals surface area contributed by atoms with Crippen molar-refractivity contribution in [2.45, 2.75) is 13.8 Å². The summed E-state index contributed by atoms with van der Waals surface area (Å²) < 4.78 is 5.21. The minimum absolute atomic E-state index is 0.118. The van der Waals surface area contributed by atoms with Crippen LogP contribution in [0, 0.1) is 13.8 Å². The first-order valence-electron chi connectivity index (χ1n) is 8.57. The molecule has 0 aliphatic rings. The number of rotatable bonds is 3. The van der Waals surface area contributed by atoms with Crippen molar-refractivity contribution in [2.24, 2.45) is 0 Å². The van der Waals surface area contributed by atoms with Gasteiger partial charge >= 0.3 is 0 Å². The van der Waals surface area contributed by atoms with Crippen LogP contribution >= 0.6 is 0 Å². The van der Waals surface area contributed by atoms with Crippen LogP contribution in [0.3, 0.4) is 0 Å². The van der Waals surface area contributed by atoms with Gasteiger partial charge < -0.3 is 20.0 Å². The second-order valence-electron chi connectivity index (χ2n) is 6.55. The Hall–Kier alpha value is -3.54.